The summed E-state index contributed by atoms with van der Waals surface area (Å²) in [4.78, 5) is 36.8. The lowest BCUT2D eigenvalue weighted by Crippen LogP contribution is -2.46. The fraction of sp³-hybridized carbons (Fsp3) is 0.318. The summed E-state index contributed by atoms with van der Waals surface area (Å²) >= 11 is 3.30. The lowest BCUT2D eigenvalue weighted by molar-refractivity contribution is -0.146. The Labute approximate surface area is 178 Å². The van der Waals surface area contributed by atoms with Crippen LogP contribution in [0.1, 0.15) is 36.2 Å². The third-order valence-electron chi connectivity index (χ3n) is 4.46. The second-order valence-electron chi connectivity index (χ2n) is 6.61. The molecule has 0 bridgehead atoms. The van der Waals surface area contributed by atoms with Gasteiger partial charge in [0.2, 0.25) is 0 Å². The van der Waals surface area contributed by atoms with Gasteiger partial charge in [0.1, 0.15) is 12.6 Å². The Bertz CT molecular complexity index is 823. The summed E-state index contributed by atoms with van der Waals surface area (Å²) in [6, 6.07) is 15.1. The van der Waals surface area contributed by atoms with Crippen LogP contribution in [0, 0.1) is 5.92 Å². The highest BCUT2D eigenvalue weighted by molar-refractivity contribution is 9.10. The molecule has 1 amide bonds. The van der Waals surface area contributed by atoms with Crippen molar-refractivity contribution in [2.24, 2.45) is 5.92 Å². The van der Waals surface area contributed by atoms with E-state index in [1.165, 1.54) is 0 Å². The maximum atomic E-state index is 12.5. The Balaban J connectivity index is 1.90. The number of hydrogen-bond acceptors (Lipinski definition) is 5. The average Bonchev–Trinajstić information content (AvgIpc) is 2.74. The number of hydrogen-bond donors (Lipinski definition) is 1. The molecule has 1 N–H and O–H groups in total. The molecule has 154 valence electrons. The molecular formula is C22H24BrNO5. The second kappa shape index (κ2) is 11.4. The van der Waals surface area contributed by atoms with E-state index in [-0.39, 0.29) is 18.3 Å². The van der Waals surface area contributed by atoms with E-state index in [0.717, 1.165) is 10.0 Å². The highest BCUT2D eigenvalue weighted by atomic mass is 79.9. The molecule has 29 heavy (non-hydrogen) atoms. The first-order valence-electron chi connectivity index (χ1n) is 9.33. The lowest BCUT2D eigenvalue weighted by Gasteiger charge is -2.22. The van der Waals surface area contributed by atoms with Crippen molar-refractivity contribution in [2.45, 2.75) is 32.9 Å². The lowest BCUT2D eigenvalue weighted by atomic mass is 9.99. The van der Waals surface area contributed by atoms with Gasteiger partial charge in [0.15, 0.2) is 12.4 Å². The zero-order valence-electron chi connectivity index (χ0n) is 16.4. The topological polar surface area (TPSA) is 81.7 Å². The van der Waals surface area contributed by atoms with Crippen LogP contribution in [0.4, 0.5) is 4.79 Å². The van der Waals surface area contributed by atoms with Crippen LogP contribution in [0.5, 0.6) is 0 Å². The highest BCUT2D eigenvalue weighted by Crippen LogP contribution is 2.13. The summed E-state index contributed by atoms with van der Waals surface area (Å²) in [5.41, 5.74) is 1.28. The van der Waals surface area contributed by atoms with Crippen LogP contribution in [0.2, 0.25) is 0 Å². The van der Waals surface area contributed by atoms with Gasteiger partial charge in [-0.3, -0.25) is 4.79 Å². The van der Waals surface area contributed by atoms with Crippen molar-refractivity contribution in [3.8, 4) is 0 Å². The minimum Gasteiger partial charge on any atom is -0.456 e. The van der Waals surface area contributed by atoms with Crippen molar-refractivity contribution in [3.63, 3.8) is 0 Å². The monoisotopic (exact) mass is 461 g/mol. The number of benzene rings is 2. The average molecular weight is 462 g/mol. The van der Waals surface area contributed by atoms with Crippen LogP contribution in [0.25, 0.3) is 0 Å². The van der Waals surface area contributed by atoms with Crippen LogP contribution in [0.15, 0.2) is 59.1 Å². The molecule has 2 atom stereocenters. The number of halogens is 1. The van der Waals surface area contributed by atoms with Crippen LogP contribution in [-0.2, 0) is 20.9 Å². The molecule has 0 radical (unpaired) electrons. The van der Waals surface area contributed by atoms with E-state index in [9.17, 15) is 14.4 Å². The van der Waals surface area contributed by atoms with E-state index in [0.29, 0.717) is 12.0 Å². The summed E-state index contributed by atoms with van der Waals surface area (Å²) < 4.78 is 11.2. The van der Waals surface area contributed by atoms with Gasteiger partial charge in [-0.05, 0) is 23.6 Å². The zero-order chi connectivity index (χ0) is 21.2. The summed E-state index contributed by atoms with van der Waals surface area (Å²) in [6.45, 7) is 3.42. The van der Waals surface area contributed by atoms with Crippen molar-refractivity contribution in [2.75, 3.05) is 6.61 Å². The molecule has 0 fully saturated rings. The Morgan fingerprint density at radius 1 is 1.00 bits per heavy atom. The molecule has 0 aliphatic heterocycles. The fourth-order valence-electron chi connectivity index (χ4n) is 2.51. The van der Waals surface area contributed by atoms with Crippen LogP contribution in [0.3, 0.4) is 0 Å². The Kier molecular flexibility index (Phi) is 8.86. The Hall–Kier alpha value is -2.67. The molecule has 0 heterocycles. The van der Waals surface area contributed by atoms with Crippen LogP contribution >= 0.6 is 15.9 Å². The Morgan fingerprint density at radius 3 is 2.28 bits per heavy atom. The van der Waals surface area contributed by atoms with Crippen molar-refractivity contribution in [1.82, 2.24) is 5.32 Å². The van der Waals surface area contributed by atoms with Gasteiger partial charge in [-0.2, -0.15) is 0 Å². The predicted octanol–water partition coefficient (Wildman–Crippen LogP) is 4.52. The van der Waals surface area contributed by atoms with Gasteiger partial charge in [-0.1, -0.05) is 78.7 Å². The summed E-state index contributed by atoms with van der Waals surface area (Å²) in [7, 11) is 0. The van der Waals surface area contributed by atoms with E-state index < -0.39 is 24.7 Å². The molecule has 0 aliphatic rings. The second-order valence-corrected chi connectivity index (χ2v) is 7.52. The van der Waals surface area contributed by atoms with Crippen molar-refractivity contribution in [3.05, 3.63) is 70.2 Å². The number of carbonyl (C=O) groups is 3. The number of amides is 1. The fourth-order valence-corrected chi connectivity index (χ4v) is 2.77. The largest absolute Gasteiger partial charge is 0.456 e. The highest BCUT2D eigenvalue weighted by Gasteiger charge is 2.28. The first kappa shape index (κ1) is 22.6. The maximum Gasteiger partial charge on any atom is 0.408 e. The predicted molar refractivity (Wildman–Crippen MR) is 112 cm³/mol. The van der Waals surface area contributed by atoms with E-state index in [2.05, 4.69) is 21.2 Å². The first-order valence-corrected chi connectivity index (χ1v) is 10.1. The summed E-state index contributed by atoms with van der Waals surface area (Å²) in [5.74, 6) is -1.17. The van der Waals surface area contributed by atoms with Crippen LogP contribution < -0.4 is 5.32 Å². The van der Waals surface area contributed by atoms with E-state index in [1.54, 1.807) is 24.3 Å². The number of ether oxygens (including phenoxy) is 2. The first-order chi connectivity index (χ1) is 13.9. The number of Topliss-reactive ketones (excluding diaryl/α,β-unsaturated/α-hetero) is 1. The third-order valence-corrected chi connectivity index (χ3v) is 4.99. The quantitative estimate of drug-likeness (QED) is 0.438. The van der Waals surface area contributed by atoms with E-state index >= 15 is 0 Å². The normalized spacial score (nSPS) is 12.5. The van der Waals surface area contributed by atoms with E-state index in [1.807, 2.05) is 44.2 Å². The number of ketones is 1. The number of rotatable bonds is 9. The zero-order valence-corrected chi connectivity index (χ0v) is 18.0. The third kappa shape index (κ3) is 7.34. The molecule has 0 saturated heterocycles. The maximum absolute atomic E-state index is 12.5. The molecule has 0 unspecified atom stereocenters. The molecule has 6 nitrogen and oxygen atoms in total. The molecule has 2 rings (SSSR count). The summed E-state index contributed by atoms with van der Waals surface area (Å²) in [6.07, 6.45) is -0.0744. The van der Waals surface area contributed by atoms with Gasteiger partial charge in [-0.15, -0.1) is 0 Å². The summed E-state index contributed by atoms with van der Waals surface area (Å²) in [5, 5.41) is 2.56. The van der Waals surface area contributed by atoms with Gasteiger partial charge in [0.05, 0.1) is 0 Å². The molecule has 2 aromatic carbocycles. The minimum atomic E-state index is -0.902. The molecule has 0 aromatic heterocycles. The molecule has 0 spiro atoms. The van der Waals surface area contributed by atoms with Crippen molar-refractivity contribution in [1.29, 1.82) is 0 Å². The van der Waals surface area contributed by atoms with Gasteiger partial charge in [-0.25, -0.2) is 9.59 Å². The minimum absolute atomic E-state index is 0.0942. The number of alkyl carbamates (subject to hydrolysis) is 1. The Morgan fingerprint density at radius 2 is 1.66 bits per heavy atom. The number of carbonyl (C=O) groups excluding carboxylic acids is 3. The molecular weight excluding hydrogens is 438 g/mol. The number of esters is 1. The van der Waals surface area contributed by atoms with Crippen molar-refractivity contribution < 1.29 is 23.9 Å². The molecule has 0 aliphatic carbocycles. The van der Waals surface area contributed by atoms with Gasteiger partial charge >= 0.3 is 12.1 Å². The van der Waals surface area contributed by atoms with Gasteiger partial charge in [0, 0.05) is 10.0 Å². The van der Waals surface area contributed by atoms with Crippen LogP contribution in [-0.4, -0.2) is 30.5 Å². The standard InChI is InChI=1S/C22H24BrNO5/c1-3-15(2)20(24-22(27)29-13-16-7-5-4-6-8-16)21(26)28-14-19(25)17-9-11-18(23)12-10-17/h4-12,15,20H,3,13-14H2,1-2H3,(H,24,27)/t15-,20-/m0/s1. The molecule has 7 heteroatoms. The molecule has 2 aromatic rings. The number of nitrogens with one attached hydrogen (secondary N) is 1. The molecule has 0 saturated carbocycles. The van der Waals surface area contributed by atoms with Gasteiger partial charge in [0.25, 0.3) is 0 Å². The van der Waals surface area contributed by atoms with Gasteiger partial charge < -0.3 is 14.8 Å². The van der Waals surface area contributed by atoms with E-state index in [4.69, 9.17) is 9.47 Å². The SMILES string of the molecule is CC[C@H](C)[C@H](NC(=O)OCc1ccccc1)C(=O)OCC(=O)c1ccc(Br)cc1. The smallest absolute Gasteiger partial charge is 0.408 e. The van der Waals surface area contributed by atoms with Crippen molar-refractivity contribution >= 4 is 33.8 Å².